The van der Waals surface area contributed by atoms with Crippen molar-refractivity contribution < 1.29 is 0 Å². The van der Waals surface area contributed by atoms with Gasteiger partial charge in [-0.25, -0.2) is 9.97 Å². The van der Waals surface area contributed by atoms with E-state index in [0.29, 0.717) is 12.0 Å². The Kier molecular flexibility index (Phi) is 3.51. The summed E-state index contributed by atoms with van der Waals surface area (Å²) in [7, 11) is 4.19. The highest BCUT2D eigenvalue weighted by Gasteiger charge is 2.33. The zero-order chi connectivity index (χ0) is 11.5. The molecule has 4 heteroatoms. The van der Waals surface area contributed by atoms with Crippen LogP contribution >= 0.6 is 0 Å². The molecule has 1 aromatic heterocycles. The van der Waals surface area contributed by atoms with Gasteiger partial charge in [-0.2, -0.15) is 0 Å². The van der Waals surface area contributed by atoms with Gasteiger partial charge in [0.05, 0.1) is 11.7 Å². The predicted octanol–water partition coefficient (Wildman–Crippen LogP) is 0.997. The van der Waals surface area contributed by atoms with Crippen LogP contribution in [0.2, 0.25) is 0 Å². The summed E-state index contributed by atoms with van der Waals surface area (Å²) in [5, 5.41) is 3.27. The molecule has 2 rings (SSSR count). The molecule has 1 aromatic rings. The summed E-state index contributed by atoms with van der Waals surface area (Å²) in [6, 6.07) is 2.48. The van der Waals surface area contributed by atoms with Gasteiger partial charge in [-0.3, -0.25) is 4.90 Å². The maximum atomic E-state index is 4.56. The molecule has 1 N–H and O–H groups in total. The Hall–Kier alpha value is -1.00. The number of hydrogen-bond acceptors (Lipinski definition) is 4. The zero-order valence-corrected chi connectivity index (χ0v) is 10.3. The van der Waals surface area contributed by atoms with Crippen LogP contribution in [-0.4, -0.2) is 42.1 Å². The number of likely N-dealkylation sites (tertiary alicyclic amines) is 1. The largest absolute Gasteiger partial charge is 0.319 e. The van der Waals surface area contributed by atoms with E-state index in [4.69, 9.17) is 0 Å². The topological polar surface area (TPSA) is 41.0 Å². The molecule has 2 atom stereocenters. The van der Waals surface area contributed by atoms with Crippen molar-refractivity contribution in [2.24, 2.45) is 5.92 Å². The molecule has 1 aliphatic heterocycles. The van der Waals surface area contributed by atoms with Gasteiger partial charge in [-0.15, -0.1) is 0 Å². The number of hydrogen-bond donors (Lipinski definition) is 1. The van der Waals surface area contributed by atoms with E-state index in [9.17, 15) is 0 Å². The monoisotopic (exact) mass is 220 g/mol. The van der Waals surface area contributed by atoms with Crippen molar-refractivity contribution in [2.75, 3.05) is 27.2 Å². The Bertz CT molecular complexity index is 351. The molecule has 0 saturated carbocycles. The molecular weight excluding hydrogens is 200 g/mol. The lowest BCUT2D eigenvalue weighted by molar-refractivity contribution is 0.268. The zero-order valence-electron chi connectivity index (χ0n) is 10.3. The second-order valence-electron chi connectivity index (χ2n) is 4.56. The first-order valence-corrected chi connectivity index (χ1v) is 5.86. The van der Waals surface area contributed by atoms with E-state index < -0.39 is 0 Å². The smallest absolute Gasteiger partial charge is 0.125 e. The summed E-state index contributed by atoms with van der Waals surface area (Å²) < 4.78 is 0. The van der Waals surface area contributed by atoms with E-state index in [0.717, 1.165) is 24.6 Å². The maximum absolute atomic E-state index is 4.56. The molecule has 0 aliphatic carbocycles. The Morgan fingerprint density at radius 1 is 1.56 bits per heavy atom. The van der Waals surface area contributed by atoms with Crippen molar-refractivity contribution in [3.63, 3.8) is 0 Å². The van der Waals surface area contributed by atoms with E-state index in [-0.39, 0.29) is 0 Å². The molecule has 2 heterocycles. The third kappa shape index (κ3) is 2.23. The summed E-state index contributed by atoms with van der Waals surface area (Å²) in [6.45, 7) is 4.16. The lowest BCUT2D eigenvalue weighted by atomic mass is 9.97. The van der Waals surface area contributed by atoms with Crippen molar-refractivity contribution in [3.8, 4) is 0 Å². The van der Waals surface area contributed by atoms with E-state index in [2.05, 4.69) is 27.2 Å². The SMILES string of the molecule is CNCC1CCN(C)C1c1ccnc(C)n1. The third-order valence-corrected chi connectivity index (χ3v) is 3.34. The molecule has 1 aliphatic rings. The van der Waals surface area contributed by atoms with E-state index in [1.165, 1.54) is 6.42 Å². The molecule has 88 valence electrons. The Morgan fingerprint density at radius 3 is 3.06 bits per heavy atom. The van der Waals surface area contributed by atoms with Crippen LogP contribution in [0.15, 0.2) is 12.3 Å². The van der Waals surface area contributed by atoms with Crippen LogP contribution in [0.1, 0.15) is 24.0 Å². The van der Waals surface area contributed by atoms with Gasteiger partial charge in [0.1, 0.15) is 5.82 Å². The third-order valence-electron chi connectivity index (χ3n) is 3.34. The van der Waals surface area contributed by atoms with Gasteiger partial charge < -0.3 is 5.32 Å². The van der Waals surface area contributed by atoms with Crippen LogP contribution in [0, 0.1) is 12.8 Å². The normalized spacial score (nSPS) is 26.2. The quantitative estimate of drug-likeness (QED) is 0.825. The summed E-state index contributed by atoms with van der Waals surface area (Å²) in [5.74, 6) is 1.52. The van der Waals surface area contributed by atoms with Gasteiger partial charge in [0.2, 0.25) is 0 Å². The molecule has 1 fully saturated rings. The fraction of sp³-hybridized carbons (Fsp3) is 0.667. The first-order valence-electron chi connectivity index (χ1n) is 5.86. The average Bonchev–Trinajstić information content (AvgIpc) is 2.60. The van der Waals surface area contributed by atoms with Crippen molar-refractivity contribution in [1.82, 2.24) is 20.2 Å². The standard InChI is InChI=1S/C12H20N4/c1-9-14-6-4-11(15-9)12-10(8-13-2)5-7-16(12)3/h4,6,10,12-13H,5,7-8H2,1-3H3. The first-order chi connectivity index (χ1) is 7.72. The van der Waals surface area contributed by atoms with Gasteiger partial charge in [0, 0.05) is 6.20 Å². The number of nitrogens with zero attached hydrogens (tertiary/aromatic N) is 3. The Labute approximate surface area is 97.1 Å². The fourth-order valence-electron chi connectivity index (χ4n) is 2.61. The predicted molar refractivity (Wildman–Crippen MR) is 64.2 cm³/mol. The van der Waals surface area contributed by atoms with Crippen LogP contribution in [0.3, 0.4) is 0 Å². The van der Waals surface area contributed by atoms with E-state index in [1.807, 2.05) is 26.2 Å². The highest BCUT2D eigenvalue weighted by Crippen LogP contribution is 2.34. The molecule has 0 amide bonds. The lowest BCUT2D eigenvalue weighted by Crippen LogP contribution is -2.27. The molecular formula is C12H20N4. The van der Waals surface area contributed by atoms with Gasteiger partial charge >= 0.3 is 0 Å². The van der Waals surface area contributed by atoms with Crippen LogP contribution in [-0.2, 0) is 0 Å². The van der Waals surface area contributed by atoms with E-state index in [1.54, 1.807) is 0 Å². The lowest BCUT2D eigenvalue weighted by Gasteiger charge is -2.24. The molecule has 1 saturated heterocycles. The highest BCUT2D eigenvalue weighted by molar-refractivity contribution is 5.11. The molecule has 0 spiro atoms. The maximum Gasteiger partial charge on any atom is 0.125 e. The summed E-state index contributed by atoms with van der Waals surface area (Å²) in [4.78, 5) is 11.1. The van der Waals surface area contributed by atoms with Gasteiger partial charge in [0.15, 0.2) is 0 Å². The fourth-order valence-corrected chi connectivity index (χ4v) is 2.61. The Morgan fingerprint density at radius 2 is 2.38 bits per heavy atom. The molecule has 2 unspecified atom stereocenters. The molecule has 0 radical (unpaired) electrons. The highest BCUT2D eigenvalue weighted by atomic mass is 15.2. The minimum absolute atomic E-state index is 0.439. The number of aromatic nitrogens is 2. The molecule has 0 bridgehead atoms. The van der Waals surface area contributed by atoms with Crippen LogP contribution in [0.5, 0.6) is 0 Å². The second-order valence-corrected chi connectivity index (χ2v) is 4.56. The van der Waals surface area contributed by atoms with Crippen molar-refractivity contribution >= 4 is 0 Å². The van der Waals surface area contributed by atoms with Gasteiger partial charge in [-0.1, -0.05) is 0 Å². The number of rotatable bonds is 3. The summed E-state index contributed by atoms with van der Waals surface area (Å²) in [6.07, 6.45) is 3.10. The summed E-state index contributed by atoms with van der Waals surface area (Å²) in [5.41, 5.74) is 1.16. The van der Waals surface area contributed by atoms with Crippen molar-refractivity contribution in [2.45, 2.75) is 19.4 Å². The Balaban J connectivity index is 2.22. The van der Waals surface area contributed by atoms with Crippen molar-refractivity contribution in [3.05, 3.63) is 23.8 Å². The minimum atomic E-state index is 0.439. The van der Waals surface area contributed by atoms with Crippen LogP contribution in [0.25, 0.3) is 0 Å². The first kappa shape index (κ1) is 11.5. The molecule has 4 nitrogen and oxygen atoms in total. The van der Waals surface area contributed by atoms with Gasteiger partial charge in [0.25, 0.3) is 0 Å². The molecule has 16 heavy (non-hydrogen) atoms. The van der Waals surface area contributed by atoms with Crippen LogP contribution in [0.4, 0.5) is 0 Å². The minimum Gasteiger partial charge on any atom is -0.319 e. The van der Waals surface area contributed by atoms with E-state index >= 15 is 0 Å². The van der Waals surface area contributed by atoms with Crippen LogP contribution < -0.4 is 5.32 Å². The van der Waals surface area contributed by atoms with Crippen molar-refractivity contribution in [1.29, 1.82) is 0 Å². The average molecular weight is 220 g/mol. The number of aryl methyl sites for hydroxylation is 1. The molecule has 0 aromatic carbocycles. The second kappa shape index (κ2) is 4.89. The number of nitrogens with one attached hydrogen (secondary N) is 1. The van der Waals surface area contributed by atoms with Gasteiger partial charge in [-0.05, 0) is 52.5 Å². The summed E-state index contributed by atoms with van der Waals surface area (Å²) >= 11 is 0.